The number of nitrogens with zero attached hydrogens (tertiary/aromatic N) is 3. The fraction of sp³-hybridized carbons (Fsp3) is 0.0714. The van der Waals surface area contributed by atoms with Crippen molar-refractivity contribution in [3.05, 3.63) is 174 Å². The van der Waals surface area contributed by atoms with Crippen LogP contribution < -0.4 is 0 Å². The summed E-state index contributed by atoms with van der Waals surface area (Å²) in [5.74, 6) is 1.31. The van der Waals surface area contributed by atoms with Gasteiger partial charge in [0.2, 0.25) is 5.95 Å². The van der Waals surface area contributed by atoms with Crippen LogP contribution in [0.15, 0.2) is 162 Å². The van der Waals surface area contributed by atoms with Gasteiger partial charge in [0.1, 0.15) is 16.0 Å². The molecule has 5 aromatic heterocycles. The van der Waals surface area contributed by atoms with Gasteiger partial charge in [0, 0.05) is 68.3 Å². The number of hydrogen-bond acceptors (Lipinski definition) is 5. The zero-order valence-corrected chi connectivity index (χ0v) is 35.1. The Morgan fingerprint density at radius 2 is 1.34 bits per heavy atom. The third-order valence-electron chi connectivity index (χ3n) is 14.1. The van der Waals surface area contributed by atoms with Gasteiger partial charge in [0.15, 0.2) is 0 Å². The fourth-order valence-corrected chi connectivity index (χ4v) is 13.7. The molecule has 62 heavy (non-hydrogen) atoms. The van der Waals surface area contributed by atoms with Crippen molar-refractivity contribution in [1.82, 2.24) is 14.5 Å². The minimum absolute atomic E-state index is 0.300. The third kappa shape index (κ3) is 4.30. The highest BCUT2D eigenvalue weighted by Gasteiger charge is 2.36. The minimum Gasteiger partial charge on any atom is -0.455 e. The fourth-order valence-electron chi connectivity index (χ4n) is 11.5. The van der Waals surface area contributed by atoms with E-state index in [4.69, 9.17) is 14.4 Å². The molecular formula is C56H33N3OS2. The molecule has 2 bridgehead atoms. The molecule has 2 unspecified atom stereocenters. The van der Waals surface area contributed by atoms with Gasteiger partial charge < -0.3 is 4.42 Å². The van der Waals surface area contributed by atoms with Crippen LogP contribution in [0.3, 0.4) is 0 Å². The molecule has 290 valence electrons. The van der Waals surface area contributed by atoms with Gasteiger partial charge in [-0.25, -0.2) is 9.97 Å². The standard InChI is InChI=1S/C56H33N3OS2/c1-29-40-27-31-13-5-6-14-33(31)37-23-25-45-51(47(29)37)52-46(61-45)26-24-42-50(52)48-36(40)17-10-19-41(48)59(42)56-57-53(49-39-15-7-8-20-44(39)62-55(49)58-56)32-21-22-35-38-18-9-16-34(30-11-3-2-4-12-30)54(38)60-43(35)28-32/h2-26,28-29,40H,27H2,1H3. The molecule has 0 spiro atoms. The molecule has 8 aromatic carbocycles. The van der Waals surface area contributed by atoms with Gasteiger partial charge in [-0.2, -0.15) is 0 Å². The second-order valence-electron chi connectivity index (χ2n) is 17.2. The number of furan rings is 1. The maximum absolute atomic E-state index is 6.82. The van der Waals surface area contributed by atoms with Crippen LogP contribution in [0.1, 0.15) is 35.4 Å². The van der Waals surface area contributed by atoms with Crippen molar-refractivity contribution in [2.75, 3.05) is 0 Å². The molecule has 2 atom stereocenters. The van der Waals surface area contributed by atoms with Gasteiger partial charge in [0.25, 0.3) is 0 Å². The zero-order chi connectivity index (χ0) is 40.4. The van der Waals surface area contributed by atoms with E-state index in [2.05, 4.69) is 169 Å². The van der Waals surface area contributed by atoms with Crippen molar-refractivity contribution >= 4 is 107 Å². The summed E-state index contributed by atoms with van der Waals surface area (Å²) in [7, 11) is 0. The SMILES string of the molecule is CC1c2c3ccc4sc5ccc6c(c7c(cccc7n6-c6nc(-c7ccc8c(c7)oc7c(-c9ccccc9)cccc78)c7c(n6)sc6ccccc67)C1Cc1ccccc1-3)c5c24. The Kier molecular flexibility index (Phi) is 6.52. The average Bonchev–Trinajstić information content (AvgIpc) is 4.06. The summed E-state index contributed by atoms with van der Waals surface area (Å²) in [6.45, 7) is 2.48. The van der Waals surface area contributed by atoms with Crippen LogP contribution >= 0.6 is 22.7 Å². The Balaban J connectivity index is 1.04. The monoisotopic (exact) mass is 827 g/mol. The molecule has 0 saturated heterocycles. The van der Waals surface area contributed by atoms with E-state index >= 15 is 0 Å². The molecular weight excluding hydrogens is 795 g/mol. The maximum Gasteiger partial charge on any atom is 0.236 e. The average molecular weight is 828 g/mol. The highest BCUT2D eigenvalue weighted by molar-refractivity contribution is 7.26. The van der Waals surface area contributed by atoms with Crippen molar-refractivity contribution in [2.45, 2.75) is 25.2 Å². The van der Waals surface area contributed by atoms with Crippen LogP contribution in [0.5, 0.6) is 0 Å². The van der Waals surface area contributed by atoms with E-state index in [-0.39, 0.29) is 0 Å². The molecule has 15 rings (SSSR count). The number of fused-ring (bicyclic) bond motifs is 10. The Labute approximate surface area is 362 Å². The van der Waals surface area contributed by atoms with Gasteiger partial charge in [0.05, 0.1) is 16.7 Å². The van der Waals surface area contributed by atoms with E-state index in [1.165, 1.54) is 68.8 Å². The number of para-hydroxylation sites is 1. The molecule has 0 N–H and O–H groups in total. The first-order chi connectivity index (χ1) is 30.7. The Hall–Kier alpha value is -7.12. The van der Waals surface area contributed by atoms with Gasteiger partial charge in [-0.3, -0.25) is 4.57 Å². The van der Waals surface area contributed by atoms with Crippen LogP contribution in [-0.2, 0) is 6.42 Å². The molecule has 2 aliphatic rings. The quantitative estimate of drug-likeness (QED) is 0.178. The lowest BCUT2D eigenvalue weighted by Gasteiger charge is -2.27. The molecule has 0 amide bonds. The number of benzene rings is 8. The van der Waals surface area contributed by atoms with Gasteiger partial charge in [-0.15, -0.1) is 22.7 Å². The first-order valence-corrected chi connectivity index (χ1v) is 23.0. The van der Waals surface area contributed by atoms with E-state index in [0.29, 0.717) is 17.8 Å². The van der Waals surface area contributed by atoms with Crippen LogP contribution in [0.2, 0.25) is 0 Å². The second kappa shape index (κ2) is 12.0. The van der Waals surface area contributed by atoms with Gasteiger partial charge in [-0.05, 0) is 94.1 Å². The molecule has 0 saturated carbocycles. The predicted molar refractivity (Wildman–Crippen MR) is 261 cm³/mol. The van der Waals surface area contributed by atoms with Crippen molar-refractivity contribution in [1.29, 1.82) is 0 Å². The number of thiophene rings is 2. The summed E-state index contributed by atoms with van der Waals surface area (Å²) >= 11 is 3.67. The molecule has 4 nitrogen and oxygen atoms in total. The summed E-state index contributed by atoms with van der Waals surface area (Å²) in [5.41, 5.74) is 15.3. The highest BCUT2D eigenvalue weighted by Crippen LogP contribution is 2.56. The van der Waals surface area contributed by atoms with Crippen molar-refractivity contribution in [3.63, 3.8) is 0 Å². The first kappa shape index (κ1) is 33.6. The predicted octanol–water partition coefficient (Wildman–Crippen LogP) is 16.0. The topological polar surface area (TPSA) is 43.9 Å². The maximum atomic E-state index is 6.82. The van der Waals surface area contributed by atoms with E-state index in [1.54, 1.807) is 11.3 Å². The molecule has 0 fully saturated rings. The van der Waals surface area contributed by atoms with Crippen LogP contribution in [0.25, 0.3) is 124 Å². The van der Waals surface area contributed by atoms with Crippen molar-refractivity contribution < 1.29 is 4.42 Å². The summed E-state index contributed by atoms with van der Waals surface area (Å²) in [6.07, 6.45) is 0.986. The molecule has 2 aliphatic carbocycles. The van der Waals surface area contributed by atoms with E-state index in [9.17, 15) is 0 Å². The van der Waals surface area contributed by atoms with E-state index in [1.807, 2.05) is 11.3 Å². The van der Waals surface area contributed by atoms with E-state index < -0.39 is 0 Å². The molecule has 0 aliphatic heterocycles. The molecule has 13 aromatic rings. The summed E-state index contributed by atoms with van der Waals surface area (Å²) < 4.78 is 13.1. The minimum atomic E-state index is 0.300. The highest BCUT2D eigenvalue weighted by atomic mass is 32.1. The number of hydrogen-bond donors (Lipinski definition) is 0. The molecule has 0 radical (unpaired) electrons. The first-order valence-electron chi connectivity index (χ1n) is 21.4. The van der Waals surface area contributed by atoms with Crippen LogP contribution in [0.4, 0.5) is 0 Å². The summed E-state index contributed by atoms with van der Waals surface area (Å²) in [4.78, 5) is 12.2. The number of aromatic nitrogens is 3. The summed E-state index contributed by atoms with van der Waals surface area (Å²) in [5, 5.41) is 9.89. The van der Waals surface area contributed by atoms with Crippen LogP contribution in [0, 0.1) is 0 Å². The lowest BCUT2D eigenvalue weighted by Crippen LogP contribution is -2.12. The largest absolute Gasteiger partial charge is 0.455 e. The second-order valence-corrected chi connectivity index (χ2v) is 19.3. The number of rotatable bonds is 3. The smallest absolute Gasteiger partial charge is 0.236 e. The Morgan fingerprint density at radius 3 is 2.29 bits per heavy atom. The van der Waals surface area contributed by atoms with E-state index in [0.717, 1.165) is 72.0 Å². The lowest BCUT2D eigenvalue weighted by atomic mass is 9.76. The lowest BCUT2D eigenvalue weighted by molar-refractivity contribution is 0.586. The Bertz CT molecular complexity index is 4110. The zero-order valence-electron chi connectivity index (χ0n) is 33.4. The Morgan fingerprint density at radius 1 is 0.548 bits per heavy atom. The van der Waals surface area contributed by atoms with Crippen molar-refractivity contribution in [3.8, 4) is 39.5 Å². The van der Waals surface area contributed by atoms with Crippen molar-refractivity contribution in [2.24, 2.45) is 0 Å². The molecule has 6 heteroatoms. The van der Waals surface area contributed by atoms with Gasteiger partial charge in [-0.1, -0.05) is 122 Å². The molecule has 5 heterocycles. The van der Waals surface area contributed by atoms with Crippen LogP contribution in [-0.4, -0.2) is 14.5 Å². The summed E-state index contributed by atoms with van der Waals surface area (Å²) in [6, 6.07) is 57.8. The van der Waals surface area contributed by atoms with Gasteiger partial charge >= 0.3 is 0 Å². The normalized spacial score (nSPS) is 15.8. The third-order valence-corrected chi connectivity index (χ3v) is 16.3.